The van der Waals surface area contributed by atoms with E-state index >= 15 is 0 Å². The molecule has 1 fully saturated rings. The molecule has 0 amide bonds. The van der Waals surface area contributed by atoms with Gasteiger partial charge in [0.15, 0.2) is 0 Å². The van der Waals surface area contributed by atoms with Crippen molar-refractivity contribution in [3.63, 3.8) is 0 Å². The summed E-state index contributed by atoms with van der Waals surface area (Å²) >= 11 is 0. The molecule has 1 rings (SSSR count). The fourth-order valence-corrected chi connectivity index (χ4v) is 2.99. The lowest BCUT2D eigenvalue weighted by Gasteiger charge is -2.39. The molecule has 0 aromatic carbocycles. The summed E-state index contributed by atoms with van der Waals surface area (Å²) in [4.78, 5) is 0. The van der Waals surface area contributed by atoms with Gasteiger partial charge in [-0.15, -0.1) is 0 Å². The van der Waals surface area contributed by atoms with Crippen LogP contribution in [0.1, 0.15) is 19.3 Å². The highest BCUT2D eigenvalue weighted by Gasteiger charge is 2.78. The molecule has 0 aromatic heterocycles. The molecule has 0 aliphatic heterocycles. The molecule has 0 radical (unpaired) electrons. The molecule has 1 aliphatic rings. The predicted octanol–water partition coefficient (Wildman–Crippen LogP) is 4.11. The SMILES string of the molecule is OC(C1CCC(C(O)(C(F)(F)F)C(F)(F)F)C1)(C(F)(F)F)C(F)(F)F. The van der Waals surface area contributed by atoms with Crippen molar-refractivity contribution in [2.24, 2.45) is 11.8 Å². The summed E-state index contributed by atoms with van der Waals surface area (Å²) in [7, 11) is 0. The monoisotopic (exact) mass is 402 g/mol. The van der Waals surface area contributed by atoms with E-state index in [0.717, 1.165) is 0 Å². The minimum Gasteiger partial charge on any atom is -0.373 e. The van der Waals surface area contributed by atoms with E-state index in [9.17, 15) is 52.7 Å². The zero-order chi connectivity index (χ0) is 20.3. The van der Waals surface area contributed by atoms with Gasteiger partial charge in [-0.2, -0.15) is 52.7 Å². The predicted molar refractivity (Wildman–Crippen MR) is 55.0 cm³/mol. The molecule has 150 valence electrons. The van der Waals surface area contributed by atoms with E-state index in [0.29, 0.717) is 0 Å². The van der Waals surface area contributed by atoms with E-state index in [-0.39, 0.29) is 0 Å². The number of hydrogen-bond donors (Lipinski definition) is 2. The van der Waals surface area contributed by atoms with Crippen molar-refractivity contribution in [3.8, 4) is 0 Å². The molecule has 0 heterocycles. The highest BCUT2D eigenvalue weighted by Crippen LogP contribution is 2.58. The van der Waals surface area contributed by atoms with Crippen molar-refractivity contribution < 1.29 is 62.9 Å². The Morgan fingerprint density at radius 1 is 0.480 bits per heavy atom. The second-order valence-electron chi connectivity index (χ2n) is 5.73. The largest absolute Gasteiger partial charge is 0.426 e. The van der Waals surface area contributed by atoms with Crippen molar-refractivity contribution >= 4 is 0 Å². The quantitative estimate of drug-likeness (QED) is 0.683. The molecule has 2 atom stereocenters. The van der Waals surface area contributed by atoms with Gasteiger partial charge in [0, 0.05) is 11.8 Å². The standard InChI is InChI=1S/C11H10F12O2/c12-8(13,14)6(24,9(15,16)17)4-1-2-5(3-4)7(25,10(18,19)20)11(21,22)23/h4-5,24-25H,1-3H2. The van der Waals surface area contributed by atoms with E-state index < -0.39 is 67.0 Å². The maximum absolute atomic E-state index is 12.7. The van der Waals surface area contributed by atoms with Crippen LogP contribution in [0, 0.1) is 11.8 Å². The minimum absolute atomic E-state index is 1.45. The highest BCUT2D eigenvalue weighted by atomic mass is 19.4. The third-order valence-electron chi connectivity index (χ3n) is 4.34. The van der Waals surface area contributed by atoms with Crippen LogP contribution in [0.4, 0.5) is 52.7 Å². The molecule has 25 heavy (non-hydrogen) atoms. The molecule has 0 bridgehead atoms. The Hall–Kier alpha value is -0.920. The molecule has 0 spiro atoms. The van der Waals surface area contributed by atoms with Gasteiger partial charge in [0.05, 0.1) is 0 Å². The minimum atomic E-state index is -6.39. The van der Waals surface area contributed by atoms with E-state index in [1.54, 1.807) is 0 Å². The van der Waals surface area contributed by atoms with Gasteiger partial charge in [-0.05, 0) is 19.3 Å². The summed E-state index contributed by atoms with van der Waals surface area (Å²) in [5.41, 5.74) is -11.0. The van der Waals surface area contributed by atoms with Gasteiger partial charge in [0.25, 0.3) is 11.2 Å². The number of aliphatic hydroxyl groups is 2. The Morgan fingerprint density at radius 2 is 0.680 bits per heavy atom. The summed E-state index contributed by atoms with van der Waals surface area (Å²) in [5, 5.41) is 18.2. The van der Waals surface area contributed by atoms with Crippen molar-refractivity contribution in [2.45, 2.75) is 55.2 Å². The van der Waals surface area contributed by atoms with Crippen molar-refractivity contribution in [2.75, 3.05) is 0 Å². The maximum atomic E-state index is 12.7. The molecule has 2 N–H and O–H groups in total. The third kappa shape index (κ3) is 3.26. The van der Waals surface area contributed by atoms with Crippen LogP contribution in [0.25, 0.3) is 0 Å². The first-order valence-electron chi connectivity index (χ1n) is 6.43. The van der Waals surface area contributed by atoms with Gasteiger partial charge in [0.1, 0.15) is 0 Å². The summed E-state index contributed by atoms with van der Waals surface area (Å²) in [6, 6.07) is 0. The first kappa shape index (κ1) is 22.1. The van der Waals surface area contributed by atoms with Crippen LogP contribution < -0.4 is 0 Å². The molecule has 2 nitrogen and oxygen atoms in total. The number of alkyl halides is 12. The van der Waals surface area contributed by atoms with E-state index in [1.807, 2.05) is 0 Å². The fourth-order valence-electron chi connectivity index (χ4n) is 2.99. The average molecular weight is 402 g/mol. The normalized spacial score (nSPS) is 24.7. The van der Waals surface area contributed by atoms with Crippen LogP contribution in [0.2, 0.25) is 0 Å². The van der Waals surface area contributed by atoms with Crippen molar-refractivity contribution in [3.05, 3.63) is 0 Å². The van der Waals surface area contributed by atoms with Crippen molar-refractivity contribution in [1.82, 2.24) is 0 Å². The van der Waals surface area contributed by atoms with Crippen molar-refractivity contribution in [1.29, 1.82) is 0 Å². The lowest BCUT2D eigenvalue weighted by Crippen LogP contribution is -2.63. The number of hydrogen-bond acceptors (Lipinski definition) is 2. The van der Waals surface area contributed by atoms with Gasteiger partial charge >= 0.3 is 24.7 Å². The molecule has 2 unspecified atom stereocenters. The second kappa shape index (κ2) is 5.79. The molecule has 14 heteroatoms. The van der Waals surface area contributed by atoms with Gasteiger partial charge in [-0.1, -0.05) is 0 Å². The zero-order valence-corrected chi connectivity index (χ0v) is 11.7. The fraction of sp³-hybridized carbons (Fsp3) is 1.00. The number of rotatable bonds is 2. The topological polar surface area (TPSA) is 40.5 Å². The maximum Gasteiger partial charge on any atom is 0.426 e. The van der Waals surface area contributed by atoms with Gasteiger partial charge in [0.2, 0.25) is 0 Å². The van der Waals surface area contributed by atoms with Crippen LogP contribution in [0.3, 0.4) is 0 Å². The summed E-state index contributed by atoms with van der Waals surface area (Å²) in [6.45, 7) is 0. The Morgan fingerprint density at radius 3 is 0.840 bits per heavy atom. The molecule has 0 saturated heterocycles. The second-order valence-corrected chi connectivity index (χ2v) is 5.73. The molecular weight excluding hydrogens is 392 g/mol. The summed E-state index contributed by atoms with van der Waals surface area (Å²) in [5.74, 6) is -6.07. The third-order valence-corrected chi connectivity index (χ3v) is 4.34. The Bertz CT molecular complexity index is 413. The molecule has 0 aromatic rings. The van der Waals surface area contributed by atoms with Gasteiger partial charge in [-0.3, -0.25) is 0 Å². The number of halogens is 12. The van der Waals surface area contributed by atoms with Crippen LogP contribution in [0.15, 0.2) is 0 Å². The Labute approximate surface area is 131 Å². The van der Waals surface area contributed by atoms with Crippen LogP contribution in [-0.2, 0) is 0 Å². The van der Waals surface area contributed by atoms with Gasteiger partial charge < -0.3 is 10.2 Å². The van der Waals surface area contributed by atoms with Crippen LogP contribution >= 0.6 is 0 Å². The smallest absolute Gasteiger partial charge is 0.373 e. The molecule has 1 saturated carbocycles. The van der Waals surface area contributed by atoms with E-state index in [4.69, 9.17) is 10.2 Å². The zero-order valence-electron chi connectivity index (χ0n) is 11.7. The highest BCUT2D eigenvalue weighted by molar-refractivity contribution is 5.08. The van der Waals surface area contributed by atoms with Gasteiger partial charge in [-0.25, -0.2) is 0 Å². The van der Waals surface area contributed by atoms with Crippen LogP contribution in [0.5, 0.6) is 0 Å². The first-order chi connectivity index (χ1) is 10.7. The van der Waals surface area contributed by atoms with Crippen LogP contribution in [-0.4, -0.2) is 46.1 Å². The lowest BCUT2D eigenvalue weighted by atomic mass is 9.80. The summed E-state index contributed by atoms with van der Waals surface area (Å²) < 4.78 is 152. The molecular formula is C11H10F12O2. The van der Waals surface area contributed by atoms with E-state index in [1.165, 1.54) is 0 Å². The average Bonchev–Trinajstić information content (AvgIpc) is 2.80. The van der Waals surface area contributed by atoms with E-state index in [2.05, 4.69) is 0 Å². The molecule has 1 aliphatic carbocycles. The Kier molecular flexibility index (Phi) is 5.12. The Balaban J connectivity index is 3.31. The lowest BCUT2D eigenvalue weighted by molar-refractivity contribution is -0.392. The summed E-state index contributed by atoms with van der Waals surface area (Å²) in [6.07, 6.45) is -30.4. The first-order valence-corrected chi connectivity index (χ1v) is 6.43.